The molecule has 1 aromatic carbocycles. The van der Waals surface area contributed by atoms with Gasteiger partial charge in [0.05, 0.1) is 32.8 Å². The molecule has 1 saturated carbocycles. The summed E-state index contributed by atoms with van der Waals surface area (Å²) in [6, 6.07) is 3.97. The van der Waals surface area contributed by atoms with Crippen LogP contribution in [-0.2, 0) is 20.8 Å². The van der Waals surface area contributed by atoms with E-state index in [1.807, 2.05) is 0 Å². The highest BCUT2D eigenvalue weighted by Gasteiger charge is 2.48. The summed E-state index contributed by atoms with van der Waals surface area (Å²) >= 11 is 0. The molecule has 2 aliphatic rings. The molecule has 0 spiro atoms. The number of rotatable bonds is 5. The van der Waals surface area contributed by atoms with Gasteiger partial charge in [0.2, 0.25) is 0 Å². The zero-order valence-electron chi connectivity index (χ0n) is 16.5. The lowest BCUT2D eigenvalue weighted by molar-refractivity contribution is -0.137. The molecule has 2 unspecified atom stereocenters. The smallest absolute Gasteiger partial charge is 0.372 e. The quantitative estimate of drug-likeness (QED) is 0.665. The highest BCUT2D eigenvalue weighted by atomic mass is 32.2. The van der Waals surface area contributed by atoms with E-state index in [0.717, 1.165) is 36.7 Å². The zero-order valence-corrected chi connectivity index (χ0v) is 17.3. The normalized spacial score (nSPS) is 25.3. The Labute approximate surface area is 173 Å². The van der Waals surface area contributed by atoms with Gasteiger partial charge in [-0.1, -0.05) is 13.0 Å². The van der Waals surface area contributed by atoms with Gasteiger partial charge in [0.15, 0.2) is 9.84 Å². The summed E-state index contributed by atoms with van der Waals surface area (Å²) in [5.41, 5.74) is 0.504. The molecule has 2 fully saturated rings. The first-order chi connectivity index (χ1) is 14.2. The summed E-state index contributed by atoms with van der Waals surface area (Å²) in [6.45, 7) is 1.93. The van der Waals surface area contributed by atoms with Gasteiger partial charge in [-0.3, -0.25) is 9.97 Å². The Morgan fingerprint density at radius 3 is 2.47 bits per heavy atom. The summed E-state index contributed by atoms with van der Waals surface area (Å²) in [6.07, 6.45) is 0.956. The van der Waals surface area contributed by atoms with Gasteiger partial charge in [-0.25, -0.2) is 8.42 Å². The van der Waals surface area contributed by atoms with Crippen LogP contribution in [0.4, 0.5) is 13.2 Å². The predicted molar refractivity (Wildman–Crippen MR) is 104 cm³/mol. The van der Waals surface area contributed by atoms with Gasteiger partial charge in [0.1, 0.15) is 6.10 Å². The second-order valence-corrected chi connectivity index (χ2v) is 10.4. The van der Waals surface area contributed by atoms with E-state index < -0.39 is 32.4 Å². The summed E-state index contributed by atoms with van der Waals surface area (Å²) in [4.78, 5) is 8.55. The summed E-state index contributed by atoms with van der Waals surface area (Å²) in [7, 11) is -4.04. The molecule has 30 heavy (non-hydrogen) atoms. The van der Waals surface area contributed by atoms with Gasteiger partial charge in [0.25, 0.3) is 0 Å². The molecule has 5 nitrogen and oxygen atoms in total. The molecule has 0 radical (unpaired) electrons. The van der Waals surface area contributed by atoms with Crippen molar-refractivity contribution in [1.29, 1.82) is 0 Å². The van der Waals surface area contributed by atoms with E-state index in [0.29, 0.717) is 11.6 Å². The summed E-state index contributed by atoms with van der Waals surface area (Å²) < 4.78 is 70.9. The minimum Gasteiger partial charge on any atom is -0.372 e. The van der Waals surface area contributed by atoms with Crippen molar-refractivity contribution in [3.63, 3.8) is 0 Å². The molecule has 1 aromatic heterocycles. The van der Waals surface area contributed by atoms with E-state index >= 15 is 0 Å². The first-order valence-electron chi connectivity index (χ1n) is 10.0. The monoisotopic (exact) mass is 440 g/mol. The number of hydrogen-bond donors (Lipinski definition) is 0. The van der Waals surface area contributed by atoms with Gasteiger partial charge < -0.3 is 4.74 Å². The number of sulfone groups is 1. The number of hydrogen-bond acceptors (Lipinski definition) is 5. The Hall–Kier alpha value is -2.00. The van der Waals surface area contributed by atoms with Crippen molar-refractivity contribution in [1.82, 2.24) is 9.97 Å². The second-order valence-electron chi connectivity index (χ2n) is 8.02. The predicted octanol–water partition coefficient (Wildman–Crippen LogP) is 4.85. The van der Waals surface area contributed by atoms with Crippen LogP contribution >= 0.6 is 0 Å². The van der Waals surface area contributed by atoms with Crippen LogP contribution in [0.1, 0.15) is 68.0 Å². The van der Waals surface area contributed by atoms with E-state index in [-0.39, 0.29) is 30.8 Å². The molecule has 1 saturated heterocycles. The van der Waals surface area contributed by atoms with Crippen molar-refractivity contribution >= 4 is 9.84 Å². The maximum Gasteiger partial charge on any atom is 0.416 e. The molecular weight excluding hydrogens is 417 g/mol. The fourth-order valence-electron chi connectivity index (χ4n) is 4.02. The Morgan fingerprint density at radius 1 is 1.17 bits per heavy atom. The minimum atomic E-state index is -4.61. The molecular formula is C21H23F3N2O3S. The van der Waals surface area contributed by atoms with E-state index in [9.17, 15) is 21.6 Å². The van der Waals surface area contributed by atoms with Crippen LogP contribution in [0.25, 0.3) is 0 Å². The topological polar surface area (TPSA) is 69.2 Å². The highest BCUT2D eigenvalue weighted by Crippen LogP contribution is 2.45. The average Bonchev–Trinajstić information content (AvgIpc) is 3.59. The van der Waals surface area contributed by atoms with Crippen molar-refractivity contribution in [2.24, 2.45) is 0 Å². The van der Waals surface area contributed by atoms with Gasteiger partial charge in [-0.2, -0.15) is 13.2 Å². The molecule has 4 rings (SSSR count). The van der Waals surface area contributed by atoms with Crippen LogP contribution in [0.5, 0.6) is 0 Å². The Kier molecular flexibility index (Phi) is 5.38. The van der Waals surface area contributed by atoms with E-state index in [1.165, 1.54) is 6.07 Å². The second kappa shape index (κ2) is 7.60. The lowest BCUT2D eigenvalue weighted by Gasteiger charge is -2.39. The van der Waals surface area contributed by atoms with Crippen LogP contribution < -0.4 is 0 Å². The lowest BCUT2D eigenvalue weighted by Crippen LogP contribution is -2.44. The maximum atomic E-state index is 13.5. The summed E-state index contributed by atoms with van der Waals surface area (Å²) in [5, 5.41) is 0. The van der Waals surface area contributed by atoms with Crippen LogP contribution in [0.15, 0.2) is 41.6 Å². The standard InChI is InChI=1S/C21H23F3N2O3S/c1-2-20(30(27,28)16-5-3-4-15(10-16)21(22,23)24)8-9-29-19(11-20)18-13-25-17(12-26-18)14-6-7-14/h3-5,10,12-14,19H,2,6-9,11H2,1H3. The van der Waals surface area contributed by atoms with Crippen LogP contribution in [-0.4, -0.2) is 29.7 Å². The van der Waals surface area contributed by atoms with E-state index in [2.05, 4.69) is 9.97 Å². The van der Waals surface area contributed by atoms with E-state index in [1.54, 1.807) is 19.3 Å². The number of benzene rings is 1. The third-order valence-electron chi connectivity index (χ3n) is 6.14. The molecule has 162 valence electrons. The summed E-state index contributed by atoms with van der Waals surface area (Å²) in [5.74, 6) is 0.454. The third-order valence-corrected chi connectivity index (χ3v) is 8.81. The Bertz CT molecular complexity index is 1020. The third kappa shape index (κ3) is 3.85. The van der Waals surface area contributed by atoms with Crippen LogP contribution in [0.2, 0.25) is 0 Å². The number of alkyl halides is 3. The van der Waals surface area contributed by atoms with Crippen LogP contribution in [0, 0.1) is 0 Å². The number of aromatic nitrogens is 2. The first kappa shape index (κ1) is 21.2. The molecule has 0 N–H and O–H groups in total. The van der Waals surface area contributed by atoms with Gasteiger partial charge in [0, 0.05) is 18.7 Å². The fraction of sp³-hybridized carbons (Fsp3) is 0.524. The average molecular weight is 440 g/mol. The SMILES string of the molecule is CCC1(S(=O)(=O)c2cccc(C(F)(F)F)c2)CCOC(c2cnc(C3CC3)cn2)C1. The van der Waals surface area contributed by atoms with Gasteiger partial charge in [-0.05, 0) is 50.3 Å². The minimum absolute atomic E-state index is 0.125. The van der Waals surface area contributed by atoms with Crippen LogP contribution in [0.3, 0.4) is 0 Å². The van der Waals surface area contributed by atoms with Crippen molar-refractivity contribution < 1.29 is 26.3 Å². The van der Waals surface area contributed by atoms with Crippen molar-refractivity contribution in [2.45, 2.75) is 66.9 Å². The molecule has 1 aliphatic heterocycles. The number of ether oxygens (including phenoxy) is 1. The molecule has 0 bridgehead atoms. The lowest BCUT2D eigenvalue weighted by atomic mass is 9.91. The maximum absolute atomic E-state index is 13.5. The van der Waals surface area contributed by atoms with Crippen molar-refractivity contribution in [3.05, 3.63) is 53.6 Å². The van der Waals surface area contributed by atoms with Gasteiger partial charge in [-0.15, -0.1) is 0 Å². The Morgan fingerprint density at radius 2 is 1.87 bits per heavy atom. The molecule has 1 aliphatic carbocycles. The first-order valence-corrected chi connectivity index (χ1v) is 11.5. The van der Waals surface area contributed by atoms with Gasteiger partial charge >= 0.3 is 6.18 Å². The largest absolute Gasteiger partial charge is 0.416 e. The highest BCUT2D eigenvalue weighted by molar-refractivity contribution is 7.92. The molecule has 2 aromatic rings. The number of nitrogens with zero attached hydrogens (tertiary/aromatic N) is 2. The molecule has 2 atom stereocenters. The van der Waals surface area contributed by atoms with Crippen molar-refractivity contribution in [2.75, 3.05) is 6.61 Å². The molecule has 2 heterocycles. The Balaban J connectivity index is 1.65. The number of halogens is 3. The van der Waals surface area contributed by atoms with Crippen molar-refractivity contribution in [3.8, 4) is 0 Å². The fourth-order valence-corrected chi connectivity index (χ4v) is 6.17. The molecule has 9 heteroatoms. The molecule has 0 amide bonds. The van der Waals surface area contributed by atoms with E-state index in [4.69, 9.17) is 4.74 Å². The zero-order chi connectivity index (χ0) is 21.6.